The van der Waals surface area contributed by atoms with Crippen molar-refractivity contribution in [2.24, 2.45) is 0 Å². The standard InChI is InChI=1S/C14H24N4O6S/c19-13(16-10-3-1-7-15-8-2-4-10)12-6-5-11-9-17(12)14(20)18(11)24-25(21,22)23/h10-12,15H,1-9H2,(H,16,19)(H,21,22,23). The molecule has 2 unspecified atom stereocenters. The Morgan fingerprint density at radius 1 is 1.20 bits per heavy atom. The van der Waals surface area contributed by atoms with Gasteiger partial charge in [-0.3, -0.25) is 9.35 Å². The van der Waals surface area contributed by atoms with Crippen LogP contribution in [-0.2, 0) is 19.5 Å². The number of piperidine rings is 1. The fourth-order valence-electron chi connectivity index (χ4n) is 3.76. The Labute approximate surface area is 146 Å². The van der Waals surface area contributed by atoms with E-state index in [1.54, 1.807) is 0 Å². The minimum absolute atomic E-state index is 0.0928. The first-order chi connectivity index (χ1) is 11.8. The molecule has 0 saturated carbocycles. The predicted octanol–water partition coefficient (Wildman–Crippen LogP) is -0.362. The molecule has 3 heterocycles. The molecule has 0 aromatic rings. The number of nitrogens with one attached hydrogen (secondary N) is 2. The van der Waals surface area contributed by atoms with E-state index in [4.69, 9.17) is 4.55 Å². The predicted molar refractivity (Wildman–Crippen MR) is 86.7 cm³/mol. The molecular formula is C14H24N4O6S. The lowest BCUT2D eigenvalue weighted by molar-refractivity contribution is -0.126. The van der Waals surface area contributed by atoms with Gasteiger partial charge in [-0.05, 0) is 51.6 Å². The fraction of sp³-hybridized carbons (Fsp3) is 0.857. The molecule has 10 nitrogen and oxygen atoms in total. The quantitative estimate of drug-likeness (QED) is 0.572. The lowest BCUT2D eigenvalue weighted by atomic mass is 9.98. The number of carbonyl (C=O) groups is 2. The Morgan fingerprint density at radius 2 is 1.88 bits per heavy atom. The Kier molecular flexibility index (Phi) is 5.46. The van der Waals surface area contributed by atoms with Crippen molar-refractivity contribution >= 4 is 22.3 Å². The molecule has 0 aromatic heterocycles. The Balaban J connectivity index is 1.62. The Morgan fingerprint density at radius 3 is 2.52 bits per heavy atom. The molecule has 3 aliphatic heterocycles. The van der Waals surface area contributed by atoms with Gasteiger partial charge in [0.1, 0.15) is 6.04 Å². The van der Waals surface area contributed by atoms with E-state index in [9.17, 15) is 18.0 Å². The summed E-state index contributed by atoms with van der Waals surface area (Å²) >= 11 is 0. The van der Waals surface area contributed by atoms with Crippen LogP contribution in [0, 0.1) is 0 Å². The van der Waals surface area contributed by atoms with E-state index < -0.39 is 28.5 Å². The molecule has 3 saturated heterocycles. The average molecular weight is 376 g/mol. The van der Waals surface area contributed by atoms with E-state index in [1.165, 1.54) is 4.90 Å². The molecule has 0 radical (unpaired) electrons. The summed E-state index contributed by atoms with van der Waals surface area (Å²) < 4.78 is 35.0. The fourth-order valence-corrected chi connectivity index (χ4v) is 4.15. The van der Waals surface area contributed by atoms with E-state index in [0.717, 1.165) is 38.8 Å². The third-order valence-corrected chi connectivity index (χ3v) is 5.31. The van der Waals surface area contributed by atoms with Crippen molar-refractivity contribution in [3.05, 3.63) is 0 Å². The minimum atomic E-state index is -4.78. The highest BCUT2D eigenvalue weighted by Gasteiger charge is 2.49. The first-order valence-corrected chi connectivity index (χ1v) is 9.99. The van der Waals surface area contributed by atoms with Crippen molar-refractivity contribution in [2.45, 2.75) is 56.7 Å². The number of urea groups is 1. The Hall–Kier alpha value is -1.43. The second-order valence-corrected chi connectivity index (χ2v) is 7.75. The van der Waals surface area contributed by atoms with Crippen molar-refractivity contribution in [2.75, 3.05) is 19.6 Å². The highest BCUT2D eigenvalue weighted by Crippen LogP contribution is 2.30. The van der Waals surface area contributed by atoms with Crippen LogP contribution in [0.5, 0.6) is 0 Å². The second kappa shape index (κ2) is 7.44. The van der Waals surface area contributed by atoms with E-state index in [1.807, 2.05) is 0 Å². The van der Waals surface area contributed by atoms with Crippen molar-refractivity contribution in [3.8, 4) is 0 Å². The number of carbonyl (C=O) groups excluding carboxylic acids is 2. The molecule has 3 aliphatic rings. The molecule has 11 heteroatoms. The van der Waals surface area contributed by atoms with Crippen LogP contribution < -0.4 is 10.6 Å². The maximum Gasteiger partial charge on any atom is 0.418 e. The van der Waals surface area contributed by atoms with Crippen LogP contribution in [0.15, 0.2) is 0 Å². The van der Waals surface area contributed by atoms with Crippen molar-refractivity contribution in [1.29, 1.82) is 0 Å². The summed E-state index contributed by atoms with van der Waals surface area (Å²) in [5, 5.41) is 7.01. The molecular weight excluding hydrogens is 352 g/mol. The molecule has 0 aromatic carbocycles. The summed E-state index contributed by atoms with van der Waals surface area (Å²) in [6, 6.07) is -1.73. The van der Waals surface area contributed by atoms with Crippen molar-refractivity contribution in [1.82, 2.24) is 20.6 Å². The van der Waals surface area contributed by atoms with Gasteiger partial charge in [0.05, 0.1) is 6.04 Å². The summed E-state index contributed by atoms with van der Waals surface area (Å²) in [5.74, 6) is -0.209. The van der Waals surface area contributed by atoms with Crippen molar-refractivity contribution < 1.29 is 26.8 Å². The first kappa shape index (κ1) is 18.4. The largest absolute Gasteiger partial charge is 0.418 e. The first-order valence-electron chi connectivity index (χ1n) is 8.63. The lowest BCUT2D eigenvalue weighted by Crippen LogP contribution is -2.52. The number of rotatable bonds is 4. The number of hydrogen-bond donors (Lipinski definition) is 3. The zero-order chi connectivity index (χ0) is 18.0. The summed E-state index contributed by atoms with van der Waals surface area (Å²) in [6.07, 6.45) is 4.61. The molecule has 3 amide bonds. The van der Waals surface area contributed by atoms with Gasteiger partial charge in [0.25, 0.3) is 0 Å². The highest BCUT2D eigenvalue weighted by atomic mass is 32.3. The normalized spacial score (nSPS) is 28.6. The SMILES string of the molecule is O=C(NC1CCCNCCC1)C1CCC2CN1C(=O)N2OS(=O)(=O)O. The van der Waals surface area contributed by atoms with Crippen LogP contribution in [0.4, 0.5) is 4.79 Å². The monoisotopic (exact) mass is 376 g/mol. The third kappa shape index (κ3) is 4.40. The molecule has 142 valence electrons. The average Bonchev–Trinajstić information content (AvgIpc) is 2.73. The number of hydrogen-bond acceptors (Lipinski definition) is 6. The van der Waals surface area contributed by atoms with Crippen LogP contribution in [0.1, 0.15) is 38.5 Å². The van der Waals surface area contributed by atoms with Gasteiger partial charge in [0.15, 0.2) is 0 Å². The van der Waals surface area contributed by atoms with E-state index >= 15 is 0 Å². The molecule has 2 bridgehead atoms. The van der Waals surface area contributed by atoms with Gasteiger partial charge in [-0.2, -0.15) is 13.5 Å². The maximum atomic E-state index is 12.6. The van der Waals surface area contributed by atoms with Crippen LogP contribution >= 0.6 is 0 Å². The lowest BCUT2D eigenvalue weighted by Gasteiger charge is -2.31. The summed E-state index contributed by atoms with van der Waals surface area (Å²) in [7, 11) is -4.78. The number of amides is 3. The number of nitrogens with zero attached hydrogens (tertiary/aromatic N) is 2. The van der Waals surface area contributed by atoms with Gasteiger partial charge < -0.3 is 15.5 Å². The number of fused-ring (bicyclic) bond motifs is 2. The smallest absolute Gasteiger partial charge is 0.352 e. The van der Waals surface area contributed by atoms with Gasteiger partial charge in [0.2, 0.25) is 5.91 Å². The zero-order valence-corrected chi connectivity index (χ0v) is 14.7. The molecule has 3 fully saturated rings. The molecule has 0 aliphatic carbocycles. The third-order valence-electron chi connectivity index (χ3n) is 4.96. The second-order valence-electron chi connectivity index (χ2n) is 6.75. The van der Waals surface area contributed by atoms with Crippen LogP contribution in [0.25, 0.3) is 0 Å². The number of hydroxylamine groups is 2. The van der Waals surface area contributed by atoms with Crippen molar-refractivity contribution in [3.63, 3.8) is 0 Å². The molecule has 0 spiro atoms. The summed E-state index contributed by atoms with van der Waals surface area (Å²) in [4.78, 5) is 26.3. The van der Waals surface area contributed by atoms with Gasteiger partial charge in [-0.1, -0.05) is 0 Å². The molecule has 2 atom stereocenters. The van der Waals surface area contributed by atoms with E-state index in [-0.39, 0.29) is 18.5 Å². The minimum Gasteiger partial charge on any atom is -0.352 e. The summed E-state index contributed by atoms with van der Waals surface area (Å²) in [5.41, 5.74) is 0. The van der Waals surface area contributed by atoms with E-state index in [2.05, 4.69) is 14.9 Å². The van der Waals surface area contributed by atoms with E-state index in [0.29, 0.717) is 17.9 Å². The highest BCUT2D eigenvalue weighted by molar-refractivity contribution is 7.80. The summed E-state index contributed by atoms with van der Waals surface area (Å²) in [6.45, 7) is 2.08. The topological polar surface area (TPSA) is 128 Å². The molecule has 25 heavy (non-hydrogen) atoms. The van der Waals surface area contributed by atoms with Gasteiger partial charge in [-0.15, -0.1) is 4.28 Å². The maximum absolute atomic E-state index is 12.6. The van der Waals surface area contributed by atoms with Gasteiger partial charge in [0, 0.05) is 12.6 Å². The van der Waals surface area contributed by atoms with Gasteiger partial charge >= 0.3 is 16.4 Å². The van der Waals surface area contributed by atoms with Crippen LogP contribution in [-0.4, -0.2) is 72.6 Å². The van der Waals surface area contributed by atoms with Gasteiger partial charge in [-0.25, -0.2) is 4.79 Å². The van der Waals surface area contributed by atoms with Crippen LogP contribution in [0.2, 0.25) is 0 Å². The molecule has 3 N–H and O–H groups in total. The van der Waals surface area contributed by atoms with Crippen LogP contribution in [0.3, 0.4) is 0 Å². The molecule has 3 rings (SSSR count). The Bertz CT molecular complexity index is 619. The zero-order valence-electron chi connectivity index (χ0n) is 13.9.